The number of hydrogen-bond donors (Lipinski definition) is 1. The Labute approximate surface area is 165 Å². The summed E-state index contributed by atoms with van der Waals surface area (Å²) < 4.78 is 0. The van der Waals surface area contributed by atoms with Gasteiger partial charge in [0.2, 0.25) is 0 Å². The van der Waals surface area contributed by atoms with E-state index in [1.807, 2.05) is 12.1 Å². The molecule has 0 spiro atoms. The molecule has 0 saturated carbocycles. The Bertz CT molecular complexity index is 1170. The monoisotopic (exact) mass is 391 g/mol. The summed E-state index contributed by atoms with van der Waals surface area (Å²) in [4.78, 5) is 40.5. The number of pyridine rings is 1. The second-order valence-electron chi connectivity index (χ2n) is 6.48. The van der Waals surface area contributed by atoms with Gasteiger partial charge in [-0.25, -0.2) is 9.78 Å². The number of aliphatic carboxylic acids is 1. The van der Waals surface area contributed by atoms with Crippen molar-refractivity contribution in [1.82, 2.24) is 4.98 Å². The first kappa shape index (κ1) is 19.7. The standard InChI is InChI=1S/C21H17N3O5/c1-23(2)18-10-7-13(12-19(18)24(28)29)11-15(20(25)21(26)27)17-9-8-14-5-3-4-6-16(14)22-17/h3-12H,1-2H3,(H,26,27)/b15-11-. The third kappa shape index (κ3) is 4.11. The van der Waals surface area contributed by atoms with Crippen LogP contribution in [0.1, 0.15) is 11.3 Å². The Morgan fingerprint density at radius 2 is 1.83 bits per heavy atom. The van der Waals surface area contributed by atoms with Gasteiger partial charge in [0.15, 0.2) is 0 Å². The summed E-state index contributed by atoms with van der Waals surface area (Å²) in [7, 11) is 3.35. The maximum atomic E-state index is 12.3. The molecule has 0 radical (unpaired) electrons. The zero-order chi connectivity index (χ0) is 21.1. The molecule has 3 rings (SSSR count). The van der Waals surface area contributed by atoms with Crippen molar-refractivity contribution in [3.63, 3.8) is 0 Å². The van der Waals surface area contributed by atoms with Crippen molar-refractivity contribution in [3.05, 3.63) is 76.0 Å². The number of anilines is 1. The highest BCUT2D eigenvalue weighted by Crippen LogP contribution is 2.30. The van der Waals surface area contributed by atoms with Crippen LogP contribution in [0.3, 0.4) is 0 Å². The molecule has 2 aromatic carbocycles. The Morgan fingerprint density at radius 1 is 1.10 bits per heavy atom. The Balaban J connectivity index is 2.17. The van der Waals surface area contributed by atoms with Gasteiger partial charge in [0.05, 0.1) is 21.7 Å². The molecule has 0 amide bonds. The Hall–Kier alpha value is -4.07. The predicted molar refractivity (Wildman–Crippen MR) is 110 cm³/mol. The number of hydrogen-bond acceptors (Lipinski definition) is 6. The van der Waals surface area contributed by atoms with E-state index in [1.165, 1.54) is 12.1 Å². The third-order valence-corrected chi connectivity index (χ3v) is 4.30. The lowest BCUT2D eigenvalue weighted by Crippen LogP contribution is -2.15. The molecule has 29 heavy (non-hydrogen) atoms. The smallest absolute Gasteiger partial charge is 0.377 e. The average molecular weight is 391 g/mol. The van der Waals surface area contributed by atoms with E-state index in [4.69, 9.17) is 0 Å². The molecule has 0 aliphatic heterocycles. The zero-order valence-corrected chi connectivity index (χ0v) is 15.7. The van der Waals surface area contributed by atoms with Gasteiger partial charge in [-0.2, -0.15) is 0 Å². The largest absolute Gasteiger partial charge is 0.475 e. The van der Waals surface area contributed by atoms with Gasteiger partial charge in [0.25, 0.3) is 11.5 Å². The van der Waals surface area contributed by atoms with Crippen molar-refractivity contribution in [3.8, 4) is 0 Å². The fourth-order valence-electron chi connectivity index (χ4n) is 2.91. The fourth-order valence-corrected chi connectivity index (χ4v) is 2.91. The summed E-state index contributed by atoms with van der Waals surface area (Å²) >= 11 is 0. The van der Waals surface area contributed by atoms with E-state index in [2.05, 4.69) is 4.98 Å². The van der Waals surface area contributed by atoms with Gasteiger partial charge in [-0.15, -0.1) is 0 Å². The predicted octanol–water partition coefficient (Wildman–Crippen LogP) is 3.40. The number of carbonyl (C=O) groups excluding carboxylic acids is 1. The van der Waals surface area contributed by atoms with Crippen LogP contribution in [-0.4, -0.2) is 40.9 Å². The van der Waals surface area contributed by atoms with E-state index in [1.54, 1.807) is 55.4 Å². The second kappa shape index (κ2) is 7.89. The summed E-state index contributed by atoms with van der Waals surface area (Å²) in [5, 5.41) is 21.5. The van der Waals surface area contributed by atoms with Gasteiger partial charge >= 0.3 is 5.97 Å². The van der Waals surface area contributed by atoms with E-state index in [0.29, 0.717) is 16.8 Å². The molecule has 0 bridgehead atoms. The lowest BCUT2D eigenvalue weighted by atomic mass is 10.0. The molecule has 8 nitrogen and oxygen atoms in total. The van der Waals surface area contributed by atoms with Gasteiger partial charge in [-0.1, -0.05) is 30.3 Å². The third-order valence-electron chi connectivity index (χ3n) is 4.30. The summed E-state index contributed by atoms with van der Waals surface area (Å²) in [5.74, 6) is -2.78. The molecule has 3 aromatic rings. The Morgan fingerprint density at radius 3 is 2.48 bits per heavy atom. The molecule has 8 heteroatoms. The molecular weight excluding hydrogens is 374 g/mol. The Kier molecular flexibility index (Phi) is 5.36. The number of para-hydroxylation sites is 1. The summed E-state index contributed by atoms with van der Waals surface area (Å²) in [6.45, 7) is 0. The van der Waals surface area contributed by atoms with Crippen molar-refractivity contribution in [2.75, 3.05) is 19.0 Å². The van der Waals surface area contributed by atoms with Crippen LogP contribution >= 0.6 is 0 Å². The van der Waals surface area contributed by atoms with E-state index < -0.39 is 16.7 Å². The van der Waals surface area contributed by atoms with Crippen molar-refractivity contribution in [2.24, 2.45) is 0 Å². The quantitative estimate of drug-likeness (QED) is 0.296. The van der Waals surface area contributed by atoms with Crippen LogP contribution in [-0.2, 0) is 9.59 Å². The van der Waals surface area contributed by atoms with Crippen LogP contribution in [0.15, 0.2) is 54.6 Å². The van der Waals surface area contributed by atoms with E-state index in [0.717, 1.165) is 5.39 Å². The minimum Gasteiger partial charge on any atom is -0.475 e. The van der Waals surface area contributed by atoms with Gasteiger partial charge in [-0.05, 0) is 29.8 Å². The molecule has 1 N–H and O–H groups in total. The highest BCUT2D eigenvalue weighted by Gasteiger charge is 2.22. The van der Waals surface area contributed by atoms with E-state index in [-0.39, 0.29) is 17.0 Å². The van der Waals surface area contributed by atoms with Crippen LogP contribution in [0.5, 0.6) is 0 Å². The number of rotatable bonds is 6. The first-order valence-electron chi connectivity index (χ1n) is 8.59. The number of carboxylic acids is 1. The first-order valence-corrected chi connectivity index (χ1v) is 8.59. The molecule has 146 valence electrons. The SMILES string of the molecule is CN(C)c1ccc(/C=C(\C(=O)C(=O)O)c2ccc3ccccc3n2)cc1[N+](=O)[O-]. The highest BCUT2D eigenvalue weighted by atomic mass is 16.6. The van der Waals surface area contributed by atoms with Gasteiger partial charge in [-0.3, -0.25) is 14.9 Å². The normalized spacial score (nSPS) is 11.3. The number of nitrogens with zero attached hydrogens (tertiary/aromatic N) is 3. The maximum Gasteiger partial charge on any atom is 0.377 e. The number of benzene rings is 2. The molecule has 0 aliphatic carbocycles. The van der Waals surface area contributed by atoms with Gasteiger partial charge in [0.1, 0.15) is 5.69 Å². The summed E-state index contributed by atoms with van der Waals surface area (Å²) in [5.41, 5.74) is 1.18. The average Bonchev–Trinajstić information content (AvgIpc) is 2.70. The minimum absolute atomic E-state index is 0.155. The van der Waals surface area contributed by atoms with Gasteiger partial charge < -0.3 is 10.0 Å². The fraction of sp³-hybridized carbons (Fsp3) is 0.0952. The zero-order valence-electron chi connectivity index (χ0n) is 15.7. The number of fused-ring (bicyclic) bond motifs is 1. The lowest BCUT2D eigenvalue weighted by molar-refractivity contribution is -0.384. The number of aromatic nitrogens is 1. The van der Waals surface area contributed by atoms with E-state index >= 15 is 0 Å². The van der Waals surface area contributed by atoms with Crippen molar-refractivity contribution in [2.45, 2.75) is 0 Å². The van der Waals surface area contributed by atoms with Crippen LogP contribution < -0.4 is 4.90 Å². The molecule has 0 aliphatic rings. The van der Waals surface area contributed by atoms with Crippen molar-refractivity contribution >= 4 is 45.7 Å². The molecule has 1 aromatic heterocycles. The second-order valence-corrected chi connectivity index (χ2v) is 6.48. The molecular formula is C21H17N3O5. The van der Waals surface area contributed by atoms with Gasteiger partial charge in [0, 0.05) is 25.5 Å². The first-order chi connectivity index (χ1) is 13.8. The number of carboxylic acid groups (broad SMARTS) is 1. The van der Waals surface area contributed by atoms with Crippen LogP contribution in [0.4, 0.5) is 11.4 Å². The van der Waals surface area contributed by atoms with Crippen LogP contribution in [0.25, 0.3) is 22.6 Å². The molecule has 0 fully saturated rings. The number of nitro groups is 1. The summed E-state index contributed by atoms with van der Waals surface area (Å²) in [6, 6.07) is 14.9. The topological polar surface area (TPSA) is 114 Å². The number of nitro benzene ring substituents is 1. The lowest BCUT2D eigenvalue weighted by Gasteiger charge is -2.13. The summed E-state index contributed by atoms with van der Waals surface area (Å²) in [6.07, 6.45) is 1.31. The van der Waals surface area contributed by atoms with Crippen LogP contribution in [0.2, 0.25) is 0 Å². The molecule has 0 unspecified atom stereocenters. The molecule has 1 heterocycles. The van der Waals surface area contributed by atoms with Crippen molar-refractivity contribution < 1.29 is 19.6 Å². The minimum atomic E-state index is -1.63. The highest BCUT2D eigenvalue weighted by molar-refractivity contribution is 6.52. The van der Waals surface area contributed by atoms with E-state index in [9.17, 15) is 24.8 Å². The number of ketones is 1. The number of carbonyl (C=O) groups is 2. The van der Waals surface area contributed by atoms with Crippen molar-refractivity contribution in [1.29, 1.82) is 0 Å². The maximum absolute atomic E-state index is 12.3. The molecule has 0 saturated heterocycles. The van der Waals surface area contributed by atoms with Crippen LogP contribution in [0, 0.1) is 10.1 Å². The molecule has 0 atom stereocenters. The number of Topliss-reactive ketones (excluding diaryl/α,β-unsaturated/α-hetero) is 1.